The molecule has 3 heterocycles. The van der Waals surface area contributed by atoms with Crippen molar-refractivity contribution >= 4 is 109 Å². The smallest absolute Gasteiger partial charge is 0.389 e. The number of carboxylic acids is 1. The molecule has 0 aromatic heterocycles. The number of hydrogen-bond donors (Lipinski definition) is 5. The topological polar surface area (TPSA) is 315 Å². The first-order valence-electron chi connectivity index (χ1n) is 26.6. The number of halogens is 1. The van der Waals surface area contributed by atoms with Gasteiger partial charge in [-0.3, -0.25) is 28.8 Å². The molecular formula is C52H80BClN10O10S4. The monoisotopic (exact) mass is 1180 g/mol. The number of aliphatic carboxylic acids is 1. The summed E-state index contributed by atoms with van der Waals surface area (Å²) in [4.78, 5) is 80.0. The number of amides is 2. The van der Waals surface area contributed by atoms with Crippen molar-refractivity contribution < 1.29 is 53.2 Å². The summed E-state index contributed by atoms with van der Waals surface area (Å²) in [5.74, 6) is -1.40. The third-order valence-electron chi connectivity index (χ3n) is 13.4. The lowest BCUT2D eigenvalue weighted by Gasteiger charge is -2.50. The van der Waals surface area contributed by atoms with Gasteiger partial charge in [-0.05, 0) is 54.3 Å². The van der Waals surface area contributed by atoms with Crippen LogP contribution in [0.15, 0.2) is 58.8 Å². The van der Waals surface area contributed by atoms with Gasteiger partial charge in [0.25, 0.3) is 0 Å². The van der Waals surface area contributed by atoms with E-state index in [1.165, 1.54) is 49.3 Å². The van der Waals surface area contributed by atoms with Gasteiger partial charge in [0.15, 0.2) is 0 Å². The summed E-state index contributed by atoms with van der Waals surface area (Å²) in [5.41, 5.74) is 24.9. The van der Waals surface area contributed by atoms with Crippen molar-refractivity contribution in [3.8, 4) is 0 Å². The largest absolute Gasteiger partial charge is 0.634 e. The van der Waals surface area contributed by atoms with Gasteiger partial charge in [0.05, 0.1) is 24.7 Å². The highest BCUT2D eigenvalue weighted by atomic mass is 35.5. The maximum atomic E-state index is 13.1. The molecule has 7 N–H and O–H groups in total. The molecule has 2 aromatic rings. The zero-order chi connectivity index (χ0) is 56.4. The Morgan fingerprint density at radius 2 is 1.17 bits per heavy atom. The summed E-state index contributed by atoms with van der Waals surface area (Å²) in [6.45, 7) is 12.5. The minimum Gasteiger partial charge on any atom is -0.634 e. The normalized spacial score (nSPS) is 19.6. The van der Waals surface area contributed by atoms with Crippen LogP contribution >= 0.6 is 55.6 Å². The minimum absolute atomic E-state index is 0. The van der Waals surface area contributed by atoms with Gasteiger partial charge in [0, 0.05) is 61.7 Å². The van der Waals surface area contributed by atoms with Crippen LogP contribution in [0.1, 0.15) is 143 Å². The number of nitrogens with two attached hydrogens (primary N) is 2. The summed E-state index contributed by atoms with van der Waals surface area (Å²) in [7, 11) is 6.46. The molecule has 0 aliphatic carbocycles. The number of unbranched alkanes of at least 4 members (excludes halogenated alkanes) is 2. The summed E-state index contributed by atoms with van der Waals surface area (Å²) < 4.78 is 17.0. The summed E-state index contributed by atoms with van der Waals surface area (Å²) >= 11 is 0. The van der Waals surface area contributed by atoms with E-state index in [2.05, 4.69) is 77.5 Å². The van der Waals surface area contributed by atoms with Gasteiger partial charge in [-0.1, -0.05) is 194 Å². The second kappa shape index (κ2) is 34.6. The first-order chi connectivity index (χ1) is 36.6. The Kier molecular flexibility index (Phi) is 30.1. The fourth-order valence-electron chi connectivity index (χ4n) is 9.61. The fourth-order valence-corrected chi connectivity index (χ4v) is 14.8. The van der Waals surface area contributed by atoms with E-state index < -0.39 is 42.3 Å². The maximum absolute atomic E-state index is 13.1. The van der Waals surface area contributed by atoms with Crippen LogP contribution in [0.3, 0.4) is 0 Å². The van der Waals surface area contributed by atoms with Gasteiger partial charge >= 0.3 is 30.4 Å². The molecule has 3 saturated heterocycles. The number of nitrogens with one attached hydrogen (secondary N) is 2. The number of ether oxygens (including phenoxy) is 2. The van der Waals surface area contributed by atoms with Crippen LogP contribution in [-0.2, 0) is 56.1 Å². The van der Waals surface area contributed by atoms with Crippen LogP contribution < -0.4 is 21.6 Å². The quantitative estimate of drug-likeness (QED) is 0.00961. The Hall–Kier alpha value is -4.45. The van der Waals surface area contributed by atoms with Gasteiger partial charge in [-0.15, -0.1) is 12.4 Å². The van der Waals surface area contributed by atoms with Crippen molar-refractivity contribution in [2.45, 2.75) is 178 Å². The zero-order valence-electron chi connectivity index (χ0n) is 45.8. The molecule has 3 aliphatic rings. The van der Waals surface area contributed by atoms with E-state index in [1.54, 1.807) is 80.9 Å². The van der Waals surface area contributed by atoms with Crippen LogP contribution in [0.2, 0.25) is 11.6 Å². The van der Waals surface area contributed by atoms with E-state index >= 15 is 0 Å². The molecule has 5 rings (SSSR count). The lowest BCUT2D eigenvalue weighted by molar-refractivity contribution is -0.560. The molecule has 2 aromatic carbocycles. The Morgan fingerprint density at radius 1 is 0.744 bits per heavy atom. The Labute approximate surface area is 481 Å². The molecule has 20 nitrogen and oxygen atoms in total. The molecule has 26 heteroatoms. The number of nitrogens with zero attached hydrogens (tertiary/aromatic N) is 6. The Bertz CT molecular complexity index is 2330. The van der Waals surface area contributed by atoms with Gasteiger partial charge in [-0.2, -0.15) is 0 Å². The number of quaternary nitrogens is 1. The van der Waals surface area contributed by atoms with Crippen LogP contribution in [0.4, 0.5) is 11.4 Å². The molecule has 3 fully saturated rings. The standard InChI is InChI=1S/C30H46BN5O5S2.C22H33N5O5S2.ClH/c1-30(2,3)43-42-20-22(18-27(37)40-19-21-13-15-25(16-14-21)35-36-32)28(38)33-17-5-4-12-26-29(39)41-31(34-26)23-8-6-9-24(31)11-7-10-23;1-22(2,3)34-33-14-16(20(29)25-11-5-4-6-18(23)21(30)31)12-19(28)32-13-15-7-9-17(10-8-15)26-27-24;/h13-16,22-24,26H,4-12,17-20,34H2,1-3H3,(H,33,38);7-10,16,18H,4-6,11-14,23H2,1-3H3,(H,25,29)(H,30,31);1H/t22-,23?,24?,26-,31?;16-,18-;/m00./s1. The number of carbonyl (C=O) groups excluding carboxylic acids is 5. The predicted octanol–water partition coefficient (Wildman–Crippen LogP) is 11.2. The van der Waals surface area contributed by atoms with Crippen molar-refractivity contribution in [2.75, 3.05) is 24.6 Å². The SMILES string of the molecule is CC(C)(C)SSC[C@H](CC(=O)OCc1ccc(N=[N+]=[N-])cc1)C(=O)NCCCC[C@@H]1[NH2+][B-]2(OC1=O)C1CCCC2CCC1.CC(C)(C)SSC[C@H](CC(=O)OCc1ccc(N=[N+]=[N-])cc1)C(=O)NCCCC[C@H](N)C(=O)O.Cl. The molecule has 4 atom stereocenters. The molecule has 0 saturated carbocycles. The van der Waals surface area contributed by atoms with Gasteiger partial charge in [0.2, 0.25) is 11.8 Å². The van der Waals surface area contributed by atoms with Crippen molar-refractivity contribution in [1.82, 2.24) is 10.6 Å². The van der Waals surface area contributed by atoms with Crippen LogP contribution in [0.25, 0.3) is 20.9 Å². The van der Waals surface area contributed by atoms with Gasteiger partial charge in [-0.25, -0.2) is 0 Å². The molecule has 3 aliphatic heterocycles. The lowest BCUT2D eigenvalue weighted by atomic mass is 9.28. The average Bonchev–Trinajstić information content (AvgIpc) is 3.73. The number of rotatable bonds is 29. The third-order valence-corrected chi connectivity index (χ3v) is 20.3. The number of esters is 2. The third kappa shape index (κ3) is 24.9. The minimum atomic E-state index is -1.12. The molecule has 78 heavy (non-hydrogen) atoms. The van der Waals surface area contributed by atoms with E-state index in [-0.39, 0.29) is 71.8 Å². The first kappa shape index (κ1) is 67.8. The summed E-state index contributed by atoms with van der Waals surface area (Å²) in [6, 6.07) is 12.4. The summed E-state index contributed by atoms with van der Waals surface area (Å²) in [6.07, 6.45) is 11.1. The average molecular weight is 1180 g/mol. The van der Waals surface area contributed by atoms with Gasteiger partial charge < -0.3 is 40.8 Å². The van der Waals surface area contributed by atoms with Crippen LogP contribution in [-0.4, -0.2) is 93.5 Å². The van der Waals surface area contributed by atoms with E-state index in [0.29, 0.717) is 66.9 Å². The maximum Gasteiger partial charge on any atom is 0.389 e. The van der Waals surface area contributed by atoms with Crippen molar-refractivity contribution in [3.63, 3.8) is 0 Å². The molecule has 1 spiro atoms. The van der Waals surface area contributed by atoms with Gasteiger partial charge in [0.1, 0.15) is 25.3 Å². The molecule has 0 unspecified atom stereocenters. The zero-order valence-corrected chi connectivity index (χ0v) is 49.9. The number of carbonyl (C=O) groups is 6. The fraction of sp³-hybridized carbons (Fsp3) is 0.654. The number of azide groups is 2. The molecule has 2 amide bonds. The van der Waals surface area contributed by atoms with E-state index in [4.69, 9.17) is 36.0 Å². The van der Waals surface area contributed by atoms with E-state index in [1.807, 2.05) is 0 Å². The number of hydrogen-bond acceptors (Lipinski definition) is 16. The van der Waals surface area contributed by atoms with Crippen molar-refractivity contribution in [2.24, 2.45) is 27.8 Å². The second-order valence-corrected chi connectivity index (χ2v) is 28.3. The summed E-state index contributed by atoms with van der Waals surface area (Å²) in [5, 5.41) is 24.0. The van der Waals surface area contributed by atoms with Crippen LogP contribution in [0, 0.1) is 11.8 Å². The lowest BCUT2D eigenvalue weighted by Crippen LogP contribution is -3.03. The van der Waals surface area contributed by atoms with E-state index in [0.717, 1.165) is 30.4 Å². The molecule has 2 bridgehead atoms. The second-order valence-electron chi connectivity index (χ2n) is 21.9. The molecule has 0 radical (unpaired) electrons. The number of benzene rings is 2. The molecular weight excluding hydrogens is 1100 g/mol. The highest BCUT2D eigenvalue weighted by molar-refractivity contribution is 8.77. The van der Waals surface area contributed by atoms with Crippen LogP contribution in [0.5, 0.6) is 0 Å². The van der Waals surface area contributed by atoms with E-state index in [9.17, 15) is 28.8 Å². The highest BCUT2D eigenvalue weighted by Gasteiger charge is 2.59. The van der Waals surface area contributed by atoms with Crippen molar-refractivity contribution in [3.05, 3.63) is 80.5 Å². The number of carboxylic acid groups (broad SMARTS) is 1. The van der Waals surface area contributed by atoms with Crippen molar-refractivity contribution in [1.29, 1.82) is 0 Å². The Balaban J connectivity index is 0.000000417. The molecule has 432 valence electrons. The first-order valence-corrected chi connectivity index (χ1v) is 31.2. The Morgan fingerprint density at radius 3 is 1.56 bits per heavy atom. The predicted molar refractivity (Wildman–Crippen MR) is 315 cm³/mol. The highest BCUT2D eigenvalue weighted by Crippen LogP contribution is 2.51.